The van der Waals surface area contributed by atoms with Gasteiger partial charge in [-0.25, -0.2) is 0 Å². The number of hydrogen-bond acceptors (Lipinski definition) is 2. The van der Waals surface area contributed by atoms with Crippen molar-refractivity contribution < 1.29 is 4.79 Å². The fourth-order valence-electron chi connectivity index (χ4n) is 1.75. The van der Waals surface area contributed by atoms with Crippen LogP contribution < -0.4 is 4.90 Å². The molecule has 2 rings (SSSR count). The Balaban J connectivity index is 2.20. The first-order chi connectivity index (χ1) is 7.20. The lowest BCUT2D eigenvalue weighted by atomic mass is 10.2. The lowest BCUT2D eigenvalue weighted by Gasteiger charge is -2.20. The summed E-state index contributed by atoms with van der Waals surface area (Å²) in [6, 6.07) is 5.84. The van der Waals surface area contributed by atoms with Crippen LogP contribution in [0.1, 0.15) is 23.2 Å². The average molecular weight is 268 g/mol. The highest BCUT2D eigenvalue weighted by molar-refractivity contribution is 9.10. The molecular weight excluding hydrogens is 254 g/mol. The quantitative estimate of drug-likeness (QED) is 0.782. The van der Waals surface area contributed by atoms with Crippen LogP contribution in [0.4, 0.5) is 5.69 Å². The van der Waals surface area contributed by atoms with Gasteiger partial charge in [0.15, 0.2) is 6.29 Å². The van der Waals surface area contributed by atoms with E-state index in [2.05, 4.69) is 27.9 Å². The zero-order valence-corrected chi connectivity index (χ0v) is 10.3. The Morgan fingerprint density at radius 2 is 2.27 bits per heavy atom. The molecule has 0 spiro atoms. The molecule has 0 saturated heterocycles. The van der Waals surface area contributed by atoms with Crippen LogP contribution in [-0.4, -0.2) is 19.9 Å². The first-order valence-electron chi connectivity index (χ1n) is 5.16. The number of benzene rings is 1. The van der Waals surface area contributed by atoms with Gasteiger partial charge in [-0.2, -0.15) is 0 Å². The van der Waals surface area contributed by atoms with Crippen LogP contribution in [0.25, 0.3) is 0 Å². The molecule has 0 N–H and O–H groups in total. The Labute approximate surface area is 98.4 Å². The first-order valence-corrected chi connectivity index (χ1v) is 5.96. The molecule has 80 valence electrons. The van der Waals surface area contributed by atoms with Gasteiger partial charge in [0, 0.05) is 29.3 Å². The molecule has 0 radical (unpaired) electrons. The van der Waals surface area contributed by atoms with Crippen molar-refractivity contribution in [2.45, 2.75) is 12.8 Å². The fourth-order valence-corrected chi connectivity index (χ4v) is 2.13. The van der Waals surface area contributed by atoms with Crippen molar-refractivity contribution in [3.05, 3.63) is 28.2 Å². The molecule has 0 unspecified atom stereocenters. The first kappa shape index (κ1) is 10.7. The molecule has 0 aromatic heterocycles. The van der Waals surface area contributed by atoms with Gasteiger partial charge in [0.2, 0.25) is 0 Å². The highest BCUT2D eigenvalue weighted by atomic mass is 79.9. The van der Waals surface area contributed by atoms with E-state index in [-0.39, 0.29) is 0 Å². The van der Waals surface area contributed by atoms with Crippen LogP contribution in [-0.2, 0) is 0 Å². The van der Waals surface area contributed by atoms with Crippen molar-refractivity contribution in [1.29, 1.82) is 0 Å². The zero-order valence-electron chi connectivity index (χ0n) is 8.74. The third-order valence-electron chi connectivity index (χ3n) is 2.76. The molecule has 15 heavy (non-hydrogen) atoms. The van der Waals surface area contributed by atoms with Crippen molar-refractivity contribution in [2.24, 2.45) is 5.92 Å². The van der Waals surface area contributed by atoms with E-state index in [1.165, 1.54) is 12.8 Å². The molecule has 1 aromatic rings. The van der Waals surface area contributed by atoms with Crippen LogP contribution in [0.5, 0.6) is 0 Å². The third-order valence-corrected chi connectivity index (χ3v) is 3.25. The van der Waals surface area contributed by atoms with Gasteiger partial charge >= 0.3 is 0 Å². The zero-order chi connectivity index (χ0) is 10.8. The molecule has 0 heterocycles. The molecule has 1 aliphatic rings. The second-order valence-corrected chi connectivity index (χ2v) is 5.06. The van der Waals surface area contributed by atoms with Gasteiger partial charge < -0.3 is 4.90 Å². The lowest BCUT2D eigenvalue weighted by Crippen LogP contribution is -2.21. The molecule has 0 amide bonds. The molecule has 1 aliphatic carbocycles. The summed E-state index contributed by atoms with van der Waals surface area (Å²) in [7, 11) is 2.05. The number of halogens is 1. The molecule has 3 heteroatoms. The summed E-state index contributed by atoms with van der Waals surface area (Å²) < 4.78 is 0.952. The molecule has 2 nitrogen and oxygen atoms in total. The largest absolute Gasteiger partial charge is 0.374 e. The Morgan fingerprint density at radius 3 is 2.87 bits per heavy atom. The van der Waals surface area contributed by atoms with E-state index >= 15 is 0 Å². The number of nitrogens with zero attached hydrogens (tertiary/aromatic N) is 1. The molecule has 1 saturated carbocycles. The third kappa shape index (κ3) is 2.59. The van der Waals surface area contributed by atoms with Crippen molar-refractivity contribution in [3.63, 3.8) is 0 Å². The fraction of sp³-hybridized carbons (Fsp3) is 0.417. The Hall–Kier alpha value is -0.830. The molecule has 0 atom stereocenters. The Morgan fingerprint density at radius 1 is 1.53 bits per heavy atom. The van der Waals surface area contributed by atoms with E-state index < -0.39 is 0 Å². The molecule has 0 aliphatic heterocycles. The van der Waals surface area contributed by atoms with Gasteiger partial charge in [-0.3, -0.25) is 4.79 Å². The van der Waals surface area contributed by atoms with Crippen molar-refractivity contribution in [3.8, 4) is 0 Å². The second kappa shape index (κ2) is 4.35. The van der Waals surface area contributed by atoms with Gasteiger partial charge in [-0.15, -0.1) is 0 Å². The summed E-state index contributed by atoms with van der Waals surface area (Å²) in [5, 5.41) is 0. The number of hydrogen-bond donors (Lipinski definition) is 0. The Bertz CT molecular complexity index is 374. The van der Waals surface area contributed by atoms with E-state index in [1.807, 2.05) is 18.2 Å². The van der Waals surface area contributed by atoms with Gasteiger partial charge in [0.05, 0.1) is 0 Å². The maximum atomic E-state index is 10.9. The van der Waals surface area contributed by atoms with Gasteiger partial charge in [-0.05, 0) is 37.0 Å². The molecule has 0 bridgehead atoms. The molecule has 1 aromatic carbocycles. The van der Waals surface area contributed by atoms with Crippen LogP contribution >= 0.6 is 15.9 Å². The van der Waals surface area contributed by atoms with Crippen molar-refractivity contribution >= 4 is 27.9 Å². The second-order valence-electron chi connectivity index (χ2n) is 4.14. The van der Waals surface area contributed by atoms with Crippen molar-refractivity contribution in [1.82, 2.24) is 0 Å². The van der Waals surface area contributed by atoms with E-state index in [1.54, 1.807) is 0 Å². The van der Waals surface area contributed by atoms with E-state index in [0.717, 1.165) is 34.5 Å². The van der Waals surface area contributed by atoms with Crippen LogP contribution in [0.3, 0.4) is 0 Å². The summed E-state index contributed by atoms with van der Waals surface area (Å²) in [5.41, 5.74) is 1.78. The van der Waals surface area contributed by atoms with E-state index in [9.17, 15) is 4.79 Å². The standard InChI is InChI=1S/C12H14BrNO/c1-14(7-9-2-3-9)12-5-4-11(13)6-10(12)8-15/h4-6,8-9H,2-3,7H2,1H3. The summed E-state index contributed by atoms with van der Waals surface area (Å²) in [6.07, 6.45) is 3.58. The normalized spacial score (nSPS) is 15.1. The summed E-state index contributed by atoms with van der Waals surface area (Å²) >= 11 is 3.37. The number of rotatable bonds is 4. The molecular formula is C12H14BrNO. The predicted octanol–water partition coefficient (Wildman–Crippen LogP) is 3.11. The monoisotopic (exact) mass is 267 g/mol. The smallest absolute Gasteiger partial charge is 0.152 e. The maximum Gasteiger partial charge on any atom is 0.152 e. The SMILES string of the molecule is CN(CC1CC1)c1ccc(Br)cc1C=O. The van der Waals surface area contributed by atoms with E-state index in [4.69, 9.17) is 0 Å². The number of carbonyl (C=O) groups excluding carboxylic acids is 1. The number of carbonyl (C=O) groups is 1. The van der Waals surface area contributed by atoms with Crippen LogP contribution in [0.2, 0.25) is 0 Å². The highest BCUT2D eigenvalue weighted by Gasteiger charge is 2.23. The lowest BCUT2D eigenvalue weighted by molar-refractivity contribution is 0.112. The number of anilines is 1. The highest BCUT2D eigenvalue weighted by Crippen LogP contribution is 2.32. The summed E-state index contributed by atoms with van der Waals surface area (Å²) in [4.78, 5) is 13.1. The van der Waals surface area contributed by atoms with Crippen LogP contribution in [0, 0.1) is 5.92 Å². The Kier molecular flexibility index (Phi) is 3.10. The van der Waals surface area contributed by atoms with Gasteiger partial charge in [0.1, 0.15) is 0 Å². The topological polar surface area (TPSA) is 20.3 Å². The predicted molar refractivity (Wildman–Crippen MR) is 65.5 cm³/mol. The minimum atomic E-state index is 0.757. The minimum Gasteiger partial charge on any atom is -0.374 e. The van der Waals surface area contributed by atoms with Gasteiger partial charge in [0.25, 0.3) is 0 Å². The van der Waals surface area contributed by atoms with Crippen LogP contribution in [0.15, 0.2) is 22.7 Å². The molecule has 1 fully saturated rings. The average Bonchev–Trinajstić information content (AvgIpc) is 3.01. The van der Waals surface area contributed by atoms with Crippen molar-refractivity contribution in [2.75, 3.05) is 18.5 Å². The maximum absolute atomic E-state index is 10.9. The van der Waals surface area contributed by atoms with Gasteiger partial charge in [-0.1, -0.05) is 15.9 Å². The van der Waals surface area contributed by atoms with E-state index in [0.29, 0.717) is 0 Å². The summed E-state index contributed by atoms with van der Waals surface area (Å²) in [6.45, 7) is 1.06. The summed E-state index contributed by atoms with van der Waals surface area (Å²) in [5.74, 6) is 0.832. The minimum absolute atomic E-state index is 0.757. The number of aldehydes is 1.